The second-order valence-corrected chi connectivity index (χ2v) is 9.59. The first-order valence-electron chi connectivity index (χ1n) is 9.84. The molecular weight excluding hydrogens is 400 g/mol. The molecule has 0 aliphatic rings. The van der Waals surface area contributed by atoms with Crippen molar-refractivity contribution in [1.82, 2.24) is 5.32 Å². The molecule has 7 heteroatoms. The Morgan fingerprint density at radius 1 is 1.03 bits per heavy atom. The number of carbonyl (C=O) groups excluding carboxylic acids is 3. The quantitative estimate of drug-likeness (QED) is 0.651. The van der Waals surface area contributed by atoms with Crippen LogP contribution in [0.15, 0.2) is 24.3 Å². The Morgan fingerprint density at radius 3 is 2.30 bits per heavy atom. The molecule has 0 aliphatic heterocycles. The highest BCUT2D eigenvalue weighted by atomic mass is 32.1. The molecule has 0 saturated heterocycles. The molecule has 6 nitrogen and oxygen atoms in total. The molecule has 2 aromatic rings. The Labute approximate surface area is 182 Å². The predicted octanol–water partition coefficient (Wildman–Crippen LogP) is 4.69. The second-order valence-electron chi connectivity index (χ2n) is 8.54. The number of rotatable bonds is 6. The van der Waals surface area contributed by atoms with Gasteiger partial charge in [-0.05, 0) is 56.0 Å². The molecule has 2 N–H and O–H groups in total. The third-order valence-electron chi connectivity index (χ3n) is 4.76. The van der Waals surface area contributed by atoms with E-state index >= 15 is 0 Å². The Hall–Kier alpha value is -2.67. The number of amides is 2. The van der Waals surface area contributed by atoms with Crippen LogP contribution in [0.25, 0.3) is 0 Å². The summed E-state index contributed by atoms with van der Waals surface area (Å²) >= 11 is 1.14. The van der Waals surface area contributed by atoms with E-state index in [4.69, 9.17) is 4.74 Å². The zero-order valence-corrected chi connectivity index (χ0v) is 19.5. The van der Waals surface area contributed by atoms with Crippen molar-refractivity contribution < 1.29 is 19.1 Å². The van der Waals surface area contributed by atoms with Gasteiger partial charge in [-0.1, -0.05) is 39.0 Å². The van der Waals surface area contributed by atoms with Gasteiger partial charge in [-0.15, -0.1) is 11.3 Å². The lowest BCUT2D eigenvalue weighted by Crippen LogP contribution is -2.31. The van der Waals surface area contributed by atoms with Gasteiger partial charge in [-0.3, -0.25) is 9.59 Å². The molecule has 0 saturated carbocycles. The molecule has 0 aliphatic carbocycles. The summed E-state index contributed by atoms with van der Waals surface area (Å²) in [5, 5.41) is 6.23. The van der Waals surface area contributed by atoms with Gasteiger partial charge in [0, 0.05) is 5.41 Å². The van der Waals surface area contributed by atoms with Gasteiger partial charge in [0.2, 0.25) is 5.91 Å². The van der Waals surface area contributed by atoms with Crippen molar-refractivity contribution in [1.29, 1.82) is 0 Å². The predicted molar refractivity (Wildman–Crippen MR) is 120 cm³/mol. The number of benzene rings is 1. The maximum Gasteiger partial charge on any atom is 0.349 e. The number of ether oxygens (including phenoxy) is 1. The van der Waals surface area contributed by atoms with Crippen LogP contribution in [0.5, 0.6) is 0 Å². The molecule has 0 fully saturated rings. The fraction of sp³-hybridized carbons (Fsp3) is 0.435. The number of aryl methyl sites for hydroxylation is 3. The van der Waals surface area contributed by atoms with Crippen LogP contribution in [0, 0.1) is 26.2 Å². The maximum absolute atomic E-state index is 12.4. The molecule has 1 atom stereocenters. The molecule has 1 aromatic heterocycles. The van der Waals surface area contributed by atoms with Gasteiger partial charge in [0.25, 0.3) is 5.91 Å². The smallest absolute Gasteiger partial charge is 0.349 e. The van der Waals surface area contributed by atoms with Gasteiger partial charge in [0.15, 0.2) is 6.61 Å². The highest BCUT2D eigenvalue weighted by Gasteiger charge is 2.23. The molecule has 1 heterocycles. The van der Waals surface area contributed by atoms with Gasteiger partial charge >= 0.3 is 5.97 Å². The summed E-state index contributed by atoms with van der Waals surface area (Å²) in [5.74, 6) is -1.09. The summed E-state index contributed by atoms with van der Waals surface area (Å²) in [5.41, 5.74) is 3.49. The number of hydrogen-bond acceptors (Lipinski definition) is 5. The summed E-state index contributed by atoms with van der Waals surface area (Å²) in [6.07, 6.45) is 0. The Bertz CT molecular complexity index is 957. The number of nitrogens with one attached hydrogen (secondary N) is 2. The topological polar surface area (TPSA) is 84.5 Å². The van der Waals surface area contributed by atoms with E-state index in [1.54, 1.807) is 13.0 Å². The van der Waals surface area contributed by atoms with E-state index in [9.17, 15) is 14.4 Å². The lowest BCUT2D eigenvalue weighted by Gasteiger charge is -2.16. The van der Waals surface area contributed by atoms with Crippen LogP contribution in [0.4, 0.5) is 5.00 Å². The molecule has 162 valence electrons. The summed E-state index contributed by atoms with van der Waals surface area (Å²) in [6, 6.07) is 7.56. The third kappa shape index (κ3) is 6.16. The molecule has 2 rings (SSSR count). The first-order chi connectivity index (χ1) is 13.9. The average Bonchev–Trinajstić information content (AvgIpc) is 3.01. The summed E-state index contributed by atoms with van der Waals surface area (Å²) in [7, 11) is 0. The first kappa shape index (κ1) is 23.6. The van der Waals surface area contributed by atoms with Gasteiger partial charge in [0.1, 0.15) is 4.88 Å². The van der Waals surface area contributed by atoms with Gasteiger partial charge in [-0.25, -0.2) is 4.79 Å². The van der Waals surface area contributed by atoms with Crippen molar-refractivity contribution in [3.8, 4) is 0 Å². The van der Waals surface area contributed by atoms with Crippen molar-refractivity contribution in [3.63, 3.8) is 0 Å². The van der Waals surface area contributed by atoms with Gasteiger partial charge in [-0.2, -0.15) is 0 Å². The third-order valence-corrected chi connectivity index (χ3v) is 5.90. The number of anilines is 1. The van der Waals surface area contributed by atoms with E-state index in [-0.39, 0.29) is 24.5 Å². The molecule has 0 bridgehead atoms. The van der Waals surface area contributed by atoms with Crippen molar-refractivity contribution in [2.75, 3.05) is 11.9 Å². The zero-order chi connectivity index (χ0) is 22.6. The Morgan fingerprint density at radius 2 is 1.70 bits per heavy atom. The molecular formula is C23H30N2O4S. The number of hydrogen-bond donors (Lipinski definition) is 2. The van der Waals surface area contributed by atoms with Crippen LogP contribution in [0.2, 0.25) is 0 Å². The van der Waals surface area contributed by atoms with Crippen molar-refractivity contribution in [2.24, 2.45) is 5.41 Å². The Kier molecular flexibility index (Phi) is 7.42. The van der Waals surface area contributed by atoms with Crippen LogP contribution in [-0.4, -0.2) is 24.4 Å². The highest BCUT2D eigenvalue weighted by molar-refractivity contribution is 7.18. The minimum Gasteiger partial charge on any atom is -0.451 e. The summed E-state index contributed by atoms with van der Waals surface area (Å²) in [4.78, 5) is 37.1. The fourth-order valence-electron chi connectivity index (χ4n) is 2.64. The lowest BCUT2D eigenvalue weighted by molar-refractivity contribution is -0.125. The van der Waals surface area contributed by atoms with E-state index in [0.29, 0.717) is 15.4 Å². The largest absolute Gasteiger partial charge is 0.451 e. The minimum absolute atomic E-state index is 0.136. The summed E-state index contributed by atoms with van der Waals surface area (Å²) < 4.78 is 5.18. The zero-order valence-electron chi connectivity index (χ0n) is 18.6. The molecule has 30 heavy (non-hydrogen) atoms. The van der Waals surface area contributed by atoms with Crippen LogP contribution >= 0.6 is 11.3 Å². The summed E-state index contributed by atoms with van der Waals surface area (Å²) in [6.45, 7) is 12.8. The maximum atomic E-state index is 12.4. The standard InChI is InChI=1S/C23H30N2O4S/c1-13-8-9-17(10-14(13)2)16(4)24-18(26)12-29-21(27)20-15(3)11-19(30-20)25-22(28)23(5,6)7/h8-11,16H,12H2,1-7H3,(H,24,26)(H,25,28). The normalized spacial score (nSPS) is 12.2. The lowest BCUT2D eigenvalue weighted by atomic mass is 9.96. The SMILES string of the molecule is Cc1ccc(C(C)NC(=O)COC(=O)c2sc(NC(=O)C(C)(C)C)cc2C)cc1C. The van der Waals surface area contributed by atoms with Gasteiger partial charge in [0.05, 0.1) is 11.0 Å². The molecule has 0 spiro atoms. The van der Waals surface area contributed by atoms with Crippen molar-refractivity contribution in [3.05, 3.63) is 51.4 Å². The van der Waals surface area contributed by atoms with Crippen LogP contribution < -0.4 is 10.6 Å². The van der Waals surface area contributed by atoms with E-state index in [1.807, 2.05) is 59.7 Å². The molecule has 0 radical (unpaired) electrons. The molecule has 2 amide bonds. The fourth-order valence-corrected chi connectivity index (χ4v) is 3.60. The van der Waals surface area contributed by atoms with Gasteiger partial charge < -0.3 is 15.4 Å². The number of esters is 1. The molecule has 1 aromatic carbocycles. The minimum atomic E-state index is -0.581. The van der Waals surface area contributed by atoms with Crippen molar-refractivity contribution in [2.45, 2.75) is 54.5 Å². The highest BCUT2D eigenvalue weighted by Crippen LogP contribution is 2.29. The number of thiophene rings is 1. The first-order valence-corrected chi connectivity index (χ1v) is 10.7. The van der Waals surface area contributed by atoms with E-state index in [1.165, 1.54) is 5.56 Å². The van der Waals surface area contributed by atoms with Crippen LogP contribution in [-0.2, 0) is 14.3 Å². The van der Waals surface area contributed by atoms with E-state index in [2.05, 4.69) is 10.6 Å². The van der Waals surface area contributed by atoms with E-state index < -0.39 is 11.4 Å². The van der Waals surface area contributed by atoms with Crippen molar-refractivity contribution >= 4 is 34.1 Å². The monoisotopic (exact) mass is 430 g/mol. The number of carbonyl (C=O) groups is 3. The second kappa shape index (κ2) is 9.43. The average molecular weight is 431 g/mol. The molecule has 1 unspecified atom stereocenters. The Balaban J connectivity index is 1.92. The van der Waals surface area contributed by atoms with Crippen LogP contribution in [0.1, 0.15) is 65.7 Å². The van der Waals surface area contributed by atoms with E-state index in [0.717, 1.165) is 22.5 Å². The van der Waals surface area contributed by atoms with Crippen LogP contribution in [0.3, 0.4) is 0 Å².